The van der Waals surface area contributed by atoms with Crippen molar-refractivity contribution >= 4 is 17.3 Å². The molecule has 0 unspecified atom stereocenters. The summed E-state index contributed by atoms with van der Waals surface area (Å²) in [5, 5.41) is 3.35. The van der Waals surface area contributed by atoms with Gasteiger partial charge in [0.15, 0.2) is 5.82 Å². The zero-order valence-electron chi connectivity index (χ0n) is 10.6. The van der Waals surface area contributed by atoms with E-state index in [0.717, 1.165) is 23.8 Å². The zero-order valence-corrected chi connectivity index (χ0v) is 10.6. The molecular formula is C14H18N4. The Bertz CT molecular complexity index is 571. The maximum atomic E-state index is 5.88. The van der Waals surface area contributed by atoms with Crippen LogP contribution >= 0.6 is 0 Å². The highest BCUT2D eigenvalue weighted by atomic mass is 15.1. The Labute approximate surface area is 107 Å². The van der Waals surface area contributed by atoms with E-state index in [9.17, 15) is 0 Å². The molecule has 0 aliphatic heterocycles. The molecule has 1 heterocycles. The van der Waals surface area contributed by atoms with Gasteiger partial charge in [0, 0.05) is 5.69 Å². The second-order valence-electron chi connectivity index (χ2n) is 4.86. The van der Waals surface area contributed by atoms with Crippen LogP contribution in [0.5, 0.6) is 0 Å². The van der Waals surface area contributed by atoms with Crippen LogP contribution in [0.3, 0.4) is 0 Å². The lowest BCUT2D eigenvalue weighted by atomic mass is 9.90. The Balaban J connectivity index is 1.95. The number of rotatable bonds is 2. The van der Waals surface area contributed by atoms with E-state index in [4.69, 9.17) is 5.73 Å². The lowest BCUT2D eigenvalue weighted by molar-refractivity contribution is 0.687. The number of imidazole rings is 1. The molecule has 18 heavy (non-hydrogen) atoms. The molecule has 0 spiro atoms. The Morgan fingerprint density at radius 2 is 2.11 bits per heavy atom. The van der Waals surface area contributed by atoms with Crippen molar-refractivity contribution in [2.24, 2.45) is 0 Å². The molecular weight excluding hydrogens is 224 g/mol. The van der Waals surface area contributed by atoms with E-state index in [1.807, 2.05) is 6.92 Å². The highest BCUT2D eigenvalue weighted by molar-refractivity contribution is 5.69. The third-order valence-corrected chi connectivity index (χ3v) is 3.50. The first kappa shape index (κ1) is 11.1. The number of hydrogen-bond acceptors (Lipinski definition) is 3. The van der Waals surface area contributed by atoms with Gasteiger partial charge < -0.3 is 16.0 Å². The first-order chi connectivity index (χ1) is 8.74. The third-order valence-electron chi connectivity index (χ3n) is 3.50. The molecule has 1 aromatic heterocycles. The summed E-state index contributed by atoms with van der Waals surface area (Å²) in [6, 6.07) is 6.43. The lowest BCUT2D eigenvalue weighted by Gasteiger charge is -2.19. The summed E-state index contributed by atoms with van der Waals surface area (Å²) in [7, 11) is 0. The Morgan fingerprint density at radius 3 is 2.89 bits per heavy atom. The second kappa shape index (κ2) is 4.37. The normalized spacial score (nSPS) is 14.3. The van der Waals surface area contributed by atoms with Crippen LogP contribution in [0.4, 0.5) is 17.3 Å². The number of benzene rings is 1. The minimum atomic E-state index is 0.598. The summed E-state index contributed by atoms with van der Waals surface area (Å²) >= 11 is 0. The van der Waals surface area contributed by atoms with E-state index in [-0.39, 0.29) is 0 Å². The fourth-order valence-corrected chi connectivity index (χ4v) is 2.63. The van der Waals surface area contributed by atoms with Crippen LogP contribution in [0.2, 0.25) is 0 Å². The van der Waals surface area contributed by atoms with Gasteiger partial charge in [-0.2, -0.15) is 0 Å². The molecule has 0 saturated carbocycles. The first-order valence-corrected chi connectivity index (χ1v) is 6.44. The minimum Gasteiger partial charge on any atom is -0.382 e. The minimum absolute atomic E-state index is 0.598. The summed E-state index contributed by atoms with van der Waals surface area (Å²) in [6.45, 7) is 1.90. The number of fused-ring (bicyclic) bond motifs is 1. The summed E-state index contributed by atoms with van der Waals surface area (Å²) in [4.78, 5) is 7.37. The number of nitrogens with zero attached hydrogens (tertiary/aromatic N) is 1. The Morgan fingerprint density at radius 1 is 1.28 bits per heavy atom. The SMILES string of the molecule is Cc1nc(Nc2cccc3c2CCCC3)c(N)[nH]1. The number of H-pyrrole nitrogens is 1. The molecule has 4 N–H and O–H groups in total. The Kier molecular flexibility index (Phi) is 2.70. The number of nitrogen functional groups attached to an aromatic ring is 1. The van der Waals surface area contributed by atoms with Crippen molar-refractivity contribution in [3.63, 3.8) is 0 Å². The van der Waals surface area contributed by atoms with E-state index in [2.05, 4.69) is 33.5 Å². The van der Waals surface area contributed by atoms with Crippen molar-refractivity contribution in [1.82, 2.24) is 9.97 Å². The van der Waals surface area contributed by atoms with Gasteiger partial charge in [0.05, 0.1) is 0 Å². The third kappa shape index (κ3) is 1.94. The van der Waals surface area contributed by atoms with Gasteiger partial charge in [-0.25, -0.2) is 4.98 Å². The van der Waals surface area contributed by atoms with Crippen LogP contribution < -0.4 is 11.1 Å². The molecule has 0 radical (unpaired) electrons. The number of hydrogen-bond donors (Lipinski definition) is 3. The van der Waals surface area contributed by atoms with Gasteiger partial charge in [0.1, 0.15) is 11.6 Å². The highest BCUT2D eigenvalue weighted by Crippen LogP contribution is 2.30. The van der Waals surface area contributed by atoms with Crippen LogP contribution in [0.1, 0.15) is 29.8 Å². The number of aromatic amines is 1. The maximum Gasteiger partial charge on any atom is 0.173 e. The molecule has 3 rings (SSSR count). The molecule has 0 fully saturated rings. The van der Waals surface area contributed by atoms with Gasteiger partial charge in [0.25, 0.3) is 0 Å². The van der Waals surface area contributed by atoms with Gasteiger partial charge in [-0.05, 0) is 49.8 Å². The molecule has 2 aromatic rings. The van der Waals surface area contributed by atoms with Crippen molar-refractivity contribution in [2.45, 2.75) is 32.6 Å². The fraction of sp³-hybridized carbons (Fsp3) is 0.357. The van der Waals surface area contributed by atoms with Crippen molar-refractivity contribution in [2.75, 3.05) is 11.1 Å². The first-order valence-electron chi connectivity index (χ1n) is 6.44. The molecule has 1 aliphatic carbocycles. The van der Waals surface area contributed by atoms with Crippen LogP contribution in [-0.2, 0) is 12.8 Å². The van der Waals surface area contributed by atoms with Crippen LogP contribution in [0.15, 0.2) is 18.2 Å². The predicted molar refractivity (Wildman–Crippen MR) is 74.1 cm³/mol. The number of anilines is 3. The molecule has 4 heteroatoms. The molecule has 94 valence electrons. The molecule has 0 atom stereocenters. The van der Waals surface area contributed by atoms with Gasteiger partial charge in [-0.15, -0.1) is 0 Å². The monoisotopic (exact) mass is 242 g/mol. The van der Waals surface area contributed by atoms with Crippen molar-refractivity contribution in [3.8, 4) is 0 Å². The number of aryl methyl sites for hydroxylation is 2. The van der Waals surface area contributed by atoms with Crippen LogP contribution in [-0.4, -0.2) is 9.97 Å². The highest BCUT2D eigenvalue weighted by Gasteiger charge is 2.14. The van der Waals surface area contributed by atoms with Crippen molar-refractivity contribution in [3.05, 3.63) is 35.2 Å². The number of nitrogens with one attached hydrogen (secondary N) is 2. The second-order valence-corrected chi connectivity index (χ2v) is 4.86. The molecule has 0 saturated heterocycles. The van der Waals surface area contributed by atoms with Crippen molar-refractivity contribution < 1.29 is 0 Å². The van der Waals surface area contributed by atoms with E-state index in [1.54, 1.807) is 0 Å². The Hall–Kier alpha value is -1.97. The fourth-order valence-electron chi connectivity index (χ4n) is 2.63. The standard InChI is InChI=1S/C14H18N4/c1-9-16-13(15)14(17-9)18-12-8-4-6-10-5-2-3-7-11(10)12/h4,6,8,18H,2-3,5,7,15H2,1H3,(H,16,17). The topological polar surface area (TPSA) is 66.7 Å². The summed E-state index contributed by atoms with van der Waals surface area (Å²) < 4.78 is 0. The van der Waals surface area contributed by atoms with Gasteiger partial charge in [-0.1, -0.05) is 12.1 Å². The zero-order chi connectivity index (χ0) is 12.5. The van der Waals surface area contributed by atoms with Gasteiger partial charge in [-0.3, -0.25) is 0 Å². The lowest BCUT2D eigenvalue weighted by Crippen LogP contribution is -2.06. The van der Waals surface area contributed by atoms with Gasteiger partial charge >= 0.3 is 0 Å². The van der Waals surface area contributed by atoms with E-state index < -0.39 is 0 Å². The number of aromatic nitrogens is 2. The van der Waals surface area contributed by atoms with Gasteiger partial charge in [0.2, 0.25) is 0 Å². The summed E-state index contributed by atoms with van der Waals surface area (Å²) in [5.41, 5.74) is 9.90. The van der Waals surface area contributed by atoms with E-state index in [0.29, 0.717) is 5.82 Å². The molecule has 1 aromatic carbocycles. The summed E-state index contributed by atoms with van der Waals surface area (Å²) in [5.74, 6) is 2.16. The predicted octanol–water partition coefficient (Wildman–Crippen LogP) is 2.92. The average molecular weight is 242 g/mol. The largest absolute Gasteiger partial charge is 0.382 e. The van der Waals surface area contributed by atoms with Crippen LogP contribution in [0, 0.1) is 6.92 Å². The smallest absolute Gasteiger partial charge is 0.173 e. The maximum absolute atomic E-state index is 5.88. The molecule has 1 aliphatic rings. The van der Waals surface area contributed by atoms with E-state index in [1.165, 1.54) is 30.4 Å². The quantitative estimate of drug-likeness (QED) is 0.758. The summed E-state index contributed by atoms with van der Waals surface area (Å²) in [6.07, 6.45) is 4.88. The van der Waals surface area contributed by atoms with Crippen LogP contribution in [0.25, 0.3) is 0 Å². The van der Waals surface area contributed by atoms with Crippen molar-refractivity contribution in [1.29, 1.82) is 0 Å². The average Bonchev–Trinajstić information content (AvgIpc) is 2.68. The molecule has 0 amide bonds. The molecule has 0 bridgehead atoms. The van der Waals surface area contributed by atoms with E-state index >= 15 is 0 Å². The molecule has 4 nitrogen and oxygen atoms in total. The number of nitrogens with two attached hydrogens (primary N) is 1.